The molecule has 0 spiro atoms. The molecule has 0 radical (unpaired) electrons. The highest BCUT2D eigenvalue weighted by molar-refractivity contribution is 6.02. The molecule has 1 heterocycles. The zero-order valence-electron chi connectivity index (χ0n) is 16.9. The van der Waals surface area contributed by atoms with E-state index in [-0.39, 0.29) is 41.0 Å². The maximum absolute atomic E-state index is 13.1. The van der Waals surface area contributed by atoms with E-state index >= 15 is 0 Å². The molecule has 0 bridgehead atoms. The van der Waals surface area contributed by atoms with Crippen LogP contribution in [-0.4, -0.2) is 25.5 Å². The average Bonchev–Trinajstić information content (AvgIpc) is 2.75. The lowest BCUT2D eigenvalue weighted by atomic mass is 10.1. The van der Waals surface area contributed by atoms with Crippen LogP contribution < -0.4 is 10.2 Å². The number of para-hydroxylation sites is 1. The smallest absolute Gasteiger partial charge is 0.263 e. The molecule has 0 saturated carbocycles. The minimum absolute atomic E-state index is 0.0114. The molecule has 1 aromatic heterocycles. The fourth-order valence-electron chi connectivity index (χ4n) is 2.85. The second-order valence-electron chi connectivity index (χ2n) is 6.64. The number of benzene rings is 2. The van der Waals surface area contributed by atoms with Crippen molar-refractivity contribution in [3.8, 4) is 5.75 Å². The van der Waals surface area contributed by atoms with Crippen LogP contribution >= 0.6 is 0 Å². The van der Waals surface area contributed by atoms with Crippen LogP contribution in [0.15, 0.2) is 62.7 Å². The largest absolute Gasteiger partial charge is 0.486 e. The van der Waals surface area contributed by atoms with Crippen molar-refractivity contribution < 1.29 is 18.3 Å². The Bertz CT molecular complexity index is 1120. The summed E-state index contributed by atoms with van der Waals surface area (Å²) in [5.41, 5.74) is 0.754. The molecule has 0 unspecified atom stereocenters. The maximum Gasteiger partial charge on any atom is 0.263 e. The number of unbranched alkanes of at least 4 members (excludes halogenated alkanes) is 1. The number of nitrogens with one attached hydrogen (secondary N) is 1. The Balaban J connectivity index is 1.93. The summed E-state index contributed by atoms with van der Waals surface area (Å²) in [5.74, 6) is -0.457. The van der Waals surface area contributed by atoms with Gasteiger partial charge in [0.2, 0.25) is 16.9 Å². The van der Waals surface area contributed by atoms with Gasteiger partial charge >= 0.3 is 0 Å². The average molecular weight is 410 g/mol. The molecule has 0 saturated heterocycles. The van der Waals surface area contributed by atoms with E-state index < -0.39 is 0 Å². The molecule has 156 valence electrons. The van der Waals surface area contributed by atoms with Crippen LogP contribution in [0.3, 0.4) is 0 Å². The van der Waals surface area contributed by atoms with Gasteiger partial charge in [0.05, 0.1) is 12.0 Å². The van der Waals surface area contributed by atoms with E-state index in [9.17, 15) is 9.18 Å². The fourth-order valence-corrected chi connectivity index (χ4v) is 2.85. The van der Waals surface area contributed by atoms with E-state index in [4.69, 9.17) is 19.3 Å². The van der Waals surface area contributed by atoms with Gasteiger partial charge in [0, 0.05) is 13.5 Å². The Morgan fingerprint density at radius 1 is 1.17 bits per heavy atom. The number of hydrogen-bond acceptors (Lipinski definition) is 6. The van der Waals surface area contributed by atoms with Gasteiger partial charge in [0.1, 0.15) is 11.4 Å². The van der Waals surface area contributed by atoms with Gasteiger partial charge in [-0.2, -0.15) is 0 Å². The maximum atomic E-state index is 13.1. The van der Waals surface area contributed by atoms with Gasteiger partial charge in [-0.15, -0.1) is 0 Å². The topological polar surface area (TPSA) is 84.9 Å². The van der Waals surface area contributed by atoms with Crippen molar-refractivity contribution in [3.05, 3.63) is 75.9 Å². The Hall–Kier alpha value is -3.48. The zero-order chi connectivity index (χ0) is 21.5. The van der Waals surface area contributed by atoms with Gasteiger partial charge in [0.25, 0.3) is 5.90 Å². The Labute approximate surface area is 173 Å². The van der Waals surface area contributed by atoms with Gasteiger partial charge in [0.15, 0.2) is 5.90 Å². The summed E-state index contributed by atoms with van der Waals surface area (Å²) < 4.78 is 30.3. The van der Waals surface area contributed by atoms with Gasteiger partial charge in [-0.1, -0.05) is 37.6 Å². The number of aliphatic imine (C=N–C) groups is 1. The molecule has 0 atom stereocenters. The lowest BCUT2D eigenvalue weighted by Gasteiger charge is -2.13. The molecule has 2 aromatic carbocycles. The molecule has 6 nitrogen and oxygen atoms in total. The second kappa shape index (κ2) is 9.82. The highest BCUT2D eigenvalue weighted by atomic mass is 19.1. The first-order valence-corrected chi connectivity index (χ1v) is 9.69. The van der Waals surface area contributed by atoms with Gasteiger partial charge < -0.3 is 13.9 Å². The van der Waals surface area contributed by atoms with Crippen LogP contribution in [0.1, 0.15) is 31.1 Å². The van der Waals surface area contributed by atoms with Crippen molar-refractivity contribution in [3.63, 3.8) is 0 Å². The molecule has 7 heteroatoms. The lowest BCUT2D eigenvalue weighted by molar-refractivity contribution is 0.295. The molecular formula is C23H23FN2O4. The van der Waals surface area contributed by atoms with E-state index in [0.717, 1.165) is 12.8 Å². The summed E-state index contributed by atoms with van der Waals surface area (Å²) in [6.45, 7) is 2.36. The fraction of sp³-hybridized carbons (Fsp3) is 0.261. The molecule has 0 aliphatic heterocycles. The Morgan fingerprint density at radius 3 is 2.60 bits per heavy atom. The summed E-state index contributed by atoms with van der Waals surface area (Å²) in [5, 5.41) is 8.55. The van der Waals surface area contributed by atoms with Crippen LogP contribution in [0.5, 0.6) is 5.75 Å². The third-order valence-electron chi connectivity index (χ3n) is 4.40. The minimum atomic E-state index is -0.353. The summed E-state index contributed by atoms with van der Waals surface area (Å²) in [7, 11) is 1.48. The van der Waals surface area contributed by atoms with E-state index in [0.29, 0.717) is 23.1 Å². The highest BCUT2D eigenvalue weighted by Gasteiger charge is 2.23. The third-order valence-corrected chi connectivity index (χ3v) is 4.40. The molecule has 0 fully saturated rings. The van der Waals surface area contributed by atoms with Crippen molar-refractivity contribution in [1.29, 1.82) is 5.41 Å². The van der Waals surface area contributed by atoms with Crippen molar-refractivity contribution in [2.45, 2.75) is 26.2 Å². The summed E-state index contributed by atoms with van der Waals surface area (Å²) in [4.78, 5) is 17.1. The van der Waals surface area contributed by atoms with E-state index in [1.807, 2.05) is 6.92 Å². The molecule has 0 aliphatic rings. The quantitative estimate of drug-likeness (QED) is 0.347. The highest BCUT2D eigenvalue weighted by Crippen LogP contribution is 2.23. The van der Waals surface area contributed by atoms with E-state index in [2.05, 4.69) is 4.99 Å². The summed E-state index contributed by atoms with van der Waals surface area (Å²) >= 11 is 0. The molecule has 0 aliphatic carbocycles. The van der Waals surface area contributed by atoms with Crippen LogP contribution in [0.25, 0.3) is 11.0 Å². The van der Waals surface area contributed by atoms with E-state index in [1.54, 1.807) is 36.4 Å². The number of hydrogen-bond donors (Lipinski definition) is 1. The predicted octanol–water partition coefficient (Wildman–Crippen LogP) is 4.72. The normalized spacial score (nSPS) is 11.5. The van der Waals surface area contributed by atoms with Gasteiger partial charge in [-0.25, -0.2) is 4.39 Å². The molecule has 30 heavy (non-hydrogen) atoms. The van der Waals surface area contributed by atoms with Crippen molar-refractivity contribution >= 4 is 22.8 Å². The minimum Gasteiger partial charge on any atom is -0.486 e. The zero-order valence-corrected chi connectivity index (χ0v) is 16.9. The van der Waals surface area contributed by atoms with E-state index in [1.165, 1.54) is 19.2 Å². The Kier molecular flexibility index (Phi) is 6.95. The molecule has 0 amide bonds. The van der Waals surface area contributed by atoms with Gasteiger partial charge in [-0.05, 0) is 36.2 Å². The monoisotopic (exact) mass is 410 g/mol. The van der Waals surface area contributed by atoms with Gasteiger partial charge in [-0.3, -0.25) is 15.2 Å². The van der Waals surface area contributed by atoms with Crippen LogP contribution in [-0.2, 0) is 11.2 Å². The SMILES string of the molecule is CCCCOc1c(/C(=N/C)OC(=N)Cc2ccc(F)cc2)oc2ccccc2c1=O. The van der Waals surface area contributed by atoms with Crippen molar-refractivity contribution in [2.75, 3.05) is 13.7 Å². The molecule has 3 rings (SSSR count). The third kappa shape index (κ3) is 4.92. The first-order valence-electron chi connectivity index (χ1n) is 9.69. The number of fused-ring (bicyclic) bond motifs is 1. The lowest BCUT2D eigenvalue weighted by Crippen LogP contribution is -2.20. The first-order chi connectivity index (χ1) is 14.5. The molecule has 3 aromatic rings. The number of nitrogens with zero attached hydrogens (tertiary/aromatic N) is 1. The molecular weight excluding hydrogens is 387 g/mol. The summed E-state index contributed by atoms with van der Waals surface area (Å²) in [6.07, 6.45) is 1.80. The molecule has 1 N–H and O–H groups in total. The van der Waals surface area contributed by atoms with Crippen molar-refractivity contribution in [1.82, 2.24) is 0 Å². The number of halogens is 1. The standard InChI is InChI=1S/C23H23FN2O4/c1-3-4-13-28-21-20(27)17-7-5-6-8-18(17)29-22(21)23(26-2)30-19(25)14-15-9-11-16(24)12-10-15/h5-12,25H,3-4,13-14H2,1-2H3/b25-19?,26-23-. The van der Waals surface area contributed by atoms with Crippen LogP contribution in [0.2, 0.25) is 0 Å². The Morgan fingerprint density at radius 2 is 1.90 bits per heavy atom. The second-order valence-corrected chi connectivity index (χ2v) is 6.64. The number of rotatable bonds is 7. The van der Waals surface area contributed by atoms with Crippen LogP contribution in [0.4, 0.5) is 4.39 Å². The van der Waals surface area contributed by atoms with Crippen LogP contribution in [0, 0.1) is 11.2 Å². The first kappa shape index (κ1) is 21.2. The predicted molar refractivity (Wildman–Crippen MR) is 114 cm³/mol. The number of ether oxygens (including phenoxy) is 2. The summed E-state index contributed by atoms with van der Waals surface area (Å²) in [6, 6.07) is 12.6. The van der Waals surface area contributed by atoms with Crippen molar-refractivity contribution in [2.24, 2.45) is 4.99 Å².